The van der Waals surface area contributed by atoms with Crippen molar-refractivity contribution in [3.8, 4) is 12.3 Å². The van der Waals surface area contributed by atoms with Crippen LogP contribution in [0.3, 0.4) is 0 Å². The average Bonchev–Trinajstić information content (AvgIpc) is 1.98. The smallest absolute Gasteiger partial charge is 0.194 e. The molecule has 74 valence electrons. The van der Waals surface area contributed by atoms with E-state index in [0.717, 1.165) is 0 Å². The molecule has 0 bridgehead atoms. The van der Waals surface area contributed by atoms with Crippen LogP contribution in [0.5, 0.6) is 0 Å². The van der Waals surface area contributed by atoms with E-state index in [2.05, 4.69) is 46.4 Å². The van der Waals surface area contributed by atoms with Crippen LogP contribution in [0.25, 0.3) is 0 Å². The molecule has 0 amide bonds. The Kier molecular flexibility index (Phi) is 3.96. The minimum Gasteiger partial charge on any atom is -0.400 e. The van der Waals surface area contributed by atoms with E-state index in [4.69, 9.17) is 10.8 Å². The molecule has 0 rings (SSSR count). The van der Waals surface area contributed by atoms with Gasteiger partial charge in [-0.2, -0.15) is 0 Å². The Hall–Kier alpha value is -0.523. The highest BCUT2D eigenvalue weighted by Gasteiger charge is 2.38. The molecular weight excluding hydrogens is 176 g/mol. The molecule has 0 fully saturated rings. The summed E-state index contributed by atoms with van der Waals surface area (Å²) in [6.07, 6.45) is 6.76. The van der Waals surface area contributed by atoms with E-state index in [1.54, 1.807) is 6.08 Å². The summed E-state index contributed by atoms with van der Waals surface area (Å²) >= 11 is 0. The van der Waals surface area contributed by atoms with Gasteiger partial charge in [0.1, 0.15) is 6.10 Å². The second kappa shape index (κ2) is 4.12. The van der Waals surface area contributed by atoms with Gasteiger partial charge in [-0.3, -0.25) is 0 Å². The van der Waals surface area contributed by atoms with Crippen LogP contribution < -0.4 is 0 Å². The van der Waals surface area contributed by atoms with E-state index >= 15 is 0 Å². The van der Waals surface area contributed by atoms with Gasteiger partial charge in [-0.05, 0) is 18.1 Å². The molecule has 0 aliphatic carbocycles. The van der Waals surface area contributed by atoms with Crippen molar-refractivity contribution in [1.82, 2.24) is 0 Å². The molecule has 0 aromatic heterocycles. The molecule has 0 N–H and O–H groups in total. The predicted molar refractivity (Wildman–Crippen MR) is 61.1 cm³/mol. The van der Waals surface area contributed by atoms with Gasteiger partial charge in [0.15, 0.2) is 8.32 Å². The first-order valence-corrected chi connectivity index (χ1v) is 7.42. The molecule has 0 aromatic rings. The molecule has 0 heterocycles. The maximum Gasteiger partial charge on any atom is 0.194 e. The lowest BCUT2D eigenvalue weighted by molar-refractivity contribution is 0.276. The Bertz CT molecular complexity index is 217. The number of rotatable bonds is 3. The first-order valence-electron chi connectivity index (χ1n) is 4.51. The van der Waals surface area contributed by atoms with Gasteiger partial charge < -0.3 is 4.43 Å². The molecule has 0 spiro atoms. The Morgan fingerprint density at radius 3 is 2.15 bits per heavy atom. The molecule has 0 saturated carbocycles. The standard InChI is InChI=1S/C11H20OSi/c1-8-10(9-2)12-13(6,7)11(3,4)5/h1,9-10H,2H2,3-7H3. The molecule has 1 nitrogen and oxygen atoms in total. The SMILES string of the molecule is C#CC(C=C)O[Si](C)(C)C(C)(C)C. The molecule has 2 heteroatoms. The van der Waals surface area contributed by atoms with Gasteiger partial charge in [0.05, 0.1) is 0 Å². The Balaban J connectivity index is 4.52. The van der Waals surface area contributed by atoms with E-state index in [1.165, 1.54) is 0 Å². The quantitative estimate of drug-likeness (QED) is 0.383. The minimum absolute atomic E-state index is 0.200. The summed E-state index contributed by atoms with van der Waals surface area (Å²) in [5.41, 5.74) is 0. The molecule has 0 aliphatic heterocycles. The molecule has 1 unspecified atom stereocenters. The third kappa shape index (κ3) is 3.37. The van der Waals surface area contributed by atoms with Crippen LogP contribution >= 0.6 is 0 Å². The summed E-state index contributed by atoms with van der Waals surface area (Å²) in [6.45, 7) is 14.6. The average molecular weight is 196 g/mol. The van der Waals surface area contributed by atoms with Crippen molar-refractivity contribution in [2.75, 3.05) is 0 Å². The highest BCUT2D eigenvalue weighted by molar-refractivity contribution is 6.74. The first-order chi connectivity index (χ1) is 5.74. The Morgan fingerprint density at radius 2 is 1.92 bits per heavy atom. The molecule has 0 saturated heterocycles. The summed E-state index contributed by atoms with van der Waals surface area (Å²) in [5.74, 6) is 2.57. The van der Waals surface area contributed by atoms with E-state index in [1.807, 2.05) is 0 Å². The van der Waals surface area contributed by atoms with Gasteiger partial charge in [0.25, 0.3) is 0 Å². The maximum absolute atomic E-state index is 5.89. The zero-order valence-electron chi connectivity index (χ0n) is 9.35. The van der Waals surface area contributed by atoms with Crippen molar-refractivity contribution < 1.29 is 4.43 Å². The number of terminal acetylenes is 1. The van der Waals surface area contributed by atoms with Crippen LogP contribution in [0.1, 0.15) is 20.8 Å². The zero-order valence-corrected chi connectivity index (χ0v) is 10.3. The zero-order chi connectivity index (χ0) is 10.7. The van der Waals surface area contributed by atoms with Crippen LogP contribution in [0.2, 0.25) is 18.1 Å². The van der Waals surface area contributed by atoms with Crippen molar-refractivity contribution >= 4 is 8.32 Å². The van der Waals surface area contributed by atoms with Crippen LogP contribution in [-0.2, 0) is 4.43 Å². The second-order valence-corrected chi connectivity index (χ2v) is 9.46. The largest absolute Gasteiger partial charge is 0.400 e. The van der Waals surface area contributed by atoms with Crippen molar-refractivity contribution in [3.05, 3.63) is 12.7 Å². The van der Waals surface area contributed by atoms with Crippen molar-refractivity contribution in [2.24, 2.45) is 0 Å². The van der Waals surface area contributed by atoms with E-state index in [-0.39, 0.29) is 11.1 Å². The lowest BCUT2D eigenvalue weighted by Crippen LogP contribution is -2.43. The van der Waals surface area contributed by atoms with Crippen molar-refractivity contribution in [2.45, 2.75) is 45.0 Å². The minimum atomic E-state index is -1.72. The van der Waals surface area contributed by atoms with Gasteiger partial charge >= 0.3 is 0 Å². The third-order valence-electron chi connectivity index (χ3n) is 2.61. The van der Waals surface area contributed by atoms with Gasteiger partial charge in [-0.15, -0.1) is 6.42 Å². The monoisotopic (exact) mass is 196 g/mol. The van der Waals surface area contributed by atoms with E-state index < -0.39 is 8.32 Å². The summed E-state index contributed by atoms with van der Waals surface area (Å²) < 4.78 is 5.89. The Morgan fingerprint density at radius 1 is 1.46 bits per heavy atom. The highest BCUT2D eigenvalue weighted by Crippen LogP contribution is 2.37. The van der Waals surface area contributed by atoms with Crippen LogP contribution in [0.15, 0.2) is 12.7 Å². The molecule has 0 aliphatic rings. The molecule has 1 atom stereocenters. The molecule has 13 heavy (non-hydrogen) atoms. The fraction of sp³-hybridized carbons (Fsp3) is 0.636. The number of hydrogen-bond acceptors (Lipinski definition) is 1. The fourth-order valence-corrected chi connectivity index (χ4v) is 1.80. The normalized spacial score (nSPS) is 14.8. The summed E-state index contributed by atoms with van der Waals surface area (Å²) in [4.78, 5) is 0. The Labute approximate surface area is 83.3 Å². The summed E-state index contributed by atoms with van der Waals surface area (Å²) in [6, 6.07) is 0. The fourth-order valence-electron chi connectivity index (χ4n) is 0.644. The van der Waals surface area contributed by atoms with Gasteiger partial charge in [-0.25, -0.2) is 0 Å². The van der Waals surface area contributed by atoms with Crippen molar-refractivity contribution in [1.29, 1.82) is 0 Å². The molecule has 0 radical (unpaired) electrons. The van der Waals surface area contributed by atoms with E-state index in [9.17, 15) is 0 Å². The van der Waals surface area contributed by atoms with Crippen LogP contribution in [0.4, 0.5) is 0 Å². The number of hydrogen-bond donors (Lipinski definition) is 0. The maximum atomic E-state index is 5.89. The van der Waals surface area contributed by atoms with Gasteiger partial charge in [0.2, 0.25) is 0 Å². The van der Waals surface area contributed by atoms with E-state index in [0.29, 0.717) is 0 Å². The predicted octanol–water partition coefficient (Wildman–Crippen LogP) is 3.20. The van der Waals surface area contributed by atoms with Crippen molar-refractivity contribution in [3.63, 3.8) is 0 Å². The van der Waals surface area contributed by atoms with Gasteiger partial charge in [-0.1, -0.05) is 39.3 Å². The molecular formula is C11H20OSi. The third-order valence-corrected chi connectivity index (χ3v) is 7.06. The lowest BCUT2D eigenvalue weighted by atomic mass is 10.2. The second-order valence-electron chi connectivity index (χ2n) is 4.70. The van der Waals surface area contributed by atoms with Crippen LogP contribution in [0, 0.1) is 12.3 Å². The van der Waals surface area contributed by atoms with Crippen LogP contribution in [-0.4, -0.2) is 14.4 Å². The summed E-state index contributed by atoms with van der Waals surface area (Å²) in [7, 11) is -1.72. The highest BCUT2D eigenvalue weighted by atomic mass is 28.4. The summed E-state index contributed by atoms with van der Waals surface area (Å²) in [5, 5.41) is 0.200. The lowest BCUT2D eigenvalue weighted by Gasteiger charge is -2.37. The first kappa shape index (κ1) is 12.5. The topological polar surface area (TPSA) is 9.23 Å². The molecule has 0 aromatic carbocycles. The van der Waals surface area contributed by atoms with Gasteiger partial charge in [0, 0.05) is 0 Å².